The molecule has 15 heavy (non-hydrogen) atoms. The van der Waals surface area contributed by atoms with Crippen molar-refractivity contribution in [1.29, 1.82) is 0 Å². The molecular weight excluding hydrogens is 188 g/mol. The minimum atomic E-state index is 0.802. The third-order valence-corrected chi connectivity index (χ3v) is 3.01. The van der Waals surface area contributed by atoms with E-state index < -0.39 is 0 Å². The lowest BCUT2D eigenvalue weighted by atomic mass is 10.4. The smallest absolute Gasteiger partial charge is 0.106 e. The Morgan fingerprint density at radius 3 is 1.53 bits per heavy atom. The molecule has 1 heterocycles. The van der Waals surface area contributed by atoms with Gasteiger partial charge in [-0.05, 0) is 27.7 Å². The van der Waals surface area contributed by atoms with Crippen molar-refractivity contribution in [3.63, 3.8) is 0 Å². The van der Waals surface area contributed by atoms with E-state index in [1.165, 1.54) is 12.8 Å². The monoisotopic (exact) mass is 216 g/mol. The number of nitrogens with zero attached hydrogens (tertiary/aromatic N) is 2. The maximum atomic E-state index is 5.61. The van der Waals surface area contributed by atoms with Crippen molar-refractivity contribution in [1.82, 2.24) is 0 Å². The Morgan fingerprint density at radius 1 is 0.933 bits per heavy atom. The summed E-state index contributed by atoms with van der Waals surface area (Å²) < 4.78 is 0.802. The molecule has 3 nitrogen and oxygen atoms in total. The second-order valence-electron chi connectivity index (χ2n) is 3.80. The van der Waals surface area contributed by atoms with Gasteiger partial charge in [0.25, 0.3) is 0 Å². The topological polar surface area (TPSA) is 23.3 Å². The van der Waals surface area contributed by atoms with E-state index in [1.54, 1.807) is 0 Å². The average molecular weight is 216 g/mol. The summed E-state index contributed by atoms with van der Waals surface area (Å²) in [6.07, 6.45) is 2.67. The van der Waals surface area contributed by atoms with Gasteiger partial charge in [0.05, 0.1) is 0 Å². The highest BCUT2D eigenvalue weighted by Crippen LogP contribution is 2.06. The molecule has 0 radical (unpaired) electrons. The van der Waals surface area contributed by atoms with Crippen LogP contribution < -0.4 is 0 Å². The van der Waals surface area contributed by atoms with Crippen molar-refractivity contribution in [2.24, 2.45) is 0 Å². The highest BCUT2D eigenvalue weighted by molar-refractivity contribution is 4.85. The van der Waals surface area contributed by atoms with Crippen LogP contribution in [0.2, 0.25) is 0 Å². The predicted octanol–water partition coefficient (Wildman–Crippen LogP) is 2.97. The molecule has 0 aliphatic carbocycles. The first kappa shape index (κ1) is 14.9. The molecule has 1 aliphatic heterocycles. The quantitative estimate of drug-likeness (QED) is 0.512. The number of hydrogen-bond donors (Lipinski definition) is 0. The molecule has 1 fully saturated rings. The zero-order valence-corrected chi connectivity index (χ0v) is 11.0. The van der Waals surface area contributed by atoms with E-state index in [-0.39, 0.29) is 0 Å². The fourth-order valence-corrected chi connectivity index (χ4v) is 1.78. The molecule has 0 aromatic carbocycles. The van der Waals surface area contributed by atoms with E-state index in [9.17, 15) is 0 Å². The van der Waals surface area contributed by atoms with Crippen LogP contribution >= 0.6 is 0 Å². The fourth-order valence-electron chi connectivity index (χ4n) is 1.78. The predicted molar refractivity (Wildman–Crippen MR) is 65.8 cm³/mol. The number of hydrogen-bond acceptors (Lipinski definition) is 1. The van der Waals surface area contributed by atoms with Gasteiger partial charge >= 0.3 is 0 Å². The Labute approximate surface area is 95.3 Å². The van der Waals surface area contributed by atoms with Crippen LogP contribution in [-0.4, -0.2) is 44.0 Å². The van der Waals surface area contributed by atoms with E-state index in [0.29, 0.717) is 0 Å². The molecule has 92 valence electrons. The van der Waals surface area contributed by atoms with Crippen molar-refractivity contribution in [3.05, 3.63) is 5.32 Å². The van der Waals surface area contributed by atoms with E-state index in [1.807, 2.05) is 6.92 Å². The first-order valence-corrected chi connectivity index (χ1v) is 6.38. The molecule has 0 aromatic heterocycles. The summed E-state index contributed by atoms with van der Waals surface area (Å²) in [5.74, 6) is 0. The van der Waals surface area contributed by atoms with E-state index in [0.717, 1.165) is 44.0 Å². The van der Waals surface area contributed by atoms with Crippen molar-refractivity contribution < 1.29 is 9.48 Å². The summed E-state index contributed by atoms with van der Waals surface area (Å²) in [6.45, 7) is 14.8. The van der Waals surface area contributed by atoms with Gasteiger partial charge in [-0.3, -0.25) is 0 Å². The molecule has 0 aromatic rings. The lowest BCUT2D eigenvalue weighted by molar-refractivity contribution is -1.10. The average Bonchev–Trinajstić information content (AvgIpc) is 2.85. The van der Waals surface area contributed by atoms with Gasteiger partial charge in [-0.15, -0.1) is 13.1 Å². The van der Waals surface area contributed by atoms with E-state index in [2.05, 4.69) is 26.1 Å². The molecule has 0 N–H and O–H groups in total. The van der Waals surface area contributed by atoms with Crippen molar-refractivity contribution >= 4 is 0 Å². The standard InChI is InChI=1S/C8H20NO.C4H8N/c1-5-9(6-2,7-3)10-8-4;1-2-4-5-3-1/h5-8H2,1-4H3;1-4H2/q+1;-1. The van der Waals surface area contributed by atoms with Gasteiger partial charge < -0.3 is 5.32 Å². The maximum absolute atomic E-state index is 5.61. The zero-order chi connectivity index (χ0) is 11.6. The summed E-state index contributed by atoms with van der Waals surface area (Å²) in [7, 11) is 0. The van der Waals surface area contributed by atoms with Gasteiger partial charge in [0.1, 0.15) is 26.2 Å². The fraction of sp³-hybridized carbons (Fsp3) is 1.00. The third kappa shape index (κ3) is 6.13. The molecule has 1 aliphatic rings. The van der Waals surface area contributed by atoms with E-state index in [4.69, 9.17) is 4.84 Å². The molecule has 1 saturated heterocycles. The van der Waals surface area contributed by atoms with Gasteiger partial charge in [-0.2, -0.15) is 4.65 Å². The highest BCUT2D eigenvalue weighted by atomic mass is 16.7. The van der Waals surface area contributed by atoms with Gasteiger partial charge in [-0.1, -0.05) is 12.8 Å². The minimum Gasteiger partial charge on any atom is -0.662 e. The zero-order valence-electron chi connectivity index (χ0n) is 11.0. The highest BCUT2D eigenvalue weighted by Gasteiger charge is 2.21. The Morgan fingerprint density at radius 2 is 1.40 bits per heavy atom. The maximum Gasteiger partial charge on any atom is 0.106 e. The SMILES string of the molecule is C1CC[N-]C1.CCO[N+](CC)(CC)CC. The minimum absolute atomic E-state index is 0.802. The van der Waals surface area contributed by atoms with Crippen molar-refractivity contribution in [2.75, 3.05) is 39.3 Å². The molecule has 0 amide bonds. The van der Waals surface area contributed by atoms with Crippen LogP contribution in [0.5, 0.6) is 0 Å². The van der Waals surface area contributed by atoms with Crippen LogP contribution in [0.3, 0.4) is 0 Å². The van der Waals surface area contributed by atoms with Crippen LogP contribution in [0.1, 0.15) is 40.5 Å². The Balaban J connectivity index is 0.000000322. The van der Waals surface area contributed by atoms with Gasteiger partial charge in [0.2, 0.25) is 0 Å². The van der Waals surface area contributed by atoms with Gasteiger partial charge in [-0.25, -0.2) is 4.84 Å². The molecule has 0 atom stereocenters. The lowest BCUT2D eigenvalue weighted by Gasteiger charge is -2.31. The molecule has 0 bridgehead atoms. The normalized spacial score (nSPS) is 16.0. The summed E-state index contributed by atoms with van der Waals surface area (Å²) >= 11 is 0. The van der Waals surface area contributed by atoms with Crippen LogP contribution in [0.25, 0.3) is 5.32 Å². The van der Waals surface area contributed by atoms with Crippen LogP contribution in [-0.2, 0) is 4.84 Å². The van der Waals surface area contributed by atoms with E-state index >= 15 is 0 Å². The summed E-state index contributed by atoms with van der Waals surface area (Å²) in [6, 6.07) is 0. The van der Waals surface area contributed by atoms with Gasteiger partial charge in [0.15, 0.2) is 0 Å². The number of hydroxylamine groups is 3. The number of quaternary nitrogens is 1. The second kappa shape index (κ2) is 9.13. The lowest BCUT2D eigenvalue weighted by Crippen LogP contribution is -2.47. The van der Waals surface area contributed by atoms with Crippen LogP contribution in [0, 0.1) is 0 Å². The molecule has 0 spiro atoms. The van der Waals surface area contributed by atoms with Crippen LogP contribution in [0.15, 0.2) is 0 Å². The first-order valence-electron chi connectivity index (χ1n) is 6.38. The van der Waals surface area contributed by atoms with Crippen LogP contribution in [0.4, 0.5) is 0 Å². The Kier molecular flexibility index (Phi) is 9.06. The molecule has 1 rings (SSSR count). The molecule has 0 saturated carbocycles. The third-order valence-electron chi connectivity index (χ3n) is 3.01. The first-order chi connectivity index (χ1) is 7.24. The van der Waals surface area contributed by atoms with Crippen molar-refractivity contribution in [2.45, 2.75) is 40.5 Å². The molecule has 0 unspecified atom stereocenters. The summed E-state index contributed by atoms with van der Waals surface area (Å²) in [5, 5.41) is 4.08. The molecule has 3 heteroatoms. The summed E-state index contributed by atoms with van der Waals surface area (Å²) in [5.41, 5.74) is 0. The van der Waals surface area contributed by atoms with Gasteiger partial charge in [0, 0.05) is 0 Å². The molecular formula is C12H28N2O. The summed E-state index contributed by atoms with van der Waals surface area (Å²) in [4.78, 5) is 5.61. The number of rotatable bonds is 5. The Hall–Kier alpha value is -0.120. The largest absolute Gasteiger partial charge is 0.662 e. The Bertz CT molecular complexity index is 116. The van der Waals surface area contributed by atoms with Crippen molar-refractivity contribution in [3.8, 4) is 0 Å². The second-order valence-corrected chi connectivity index (χ2v) is 3.80.